The van der Waals surface area contributed by atoms with Gasteiger partial charge in [0.05, 0.1) is 23.9 Å². The van der Waals surface area contributed by atoms with Crippen molar-refractivity contribution in [2.24, 2.45) is 0 Å². The Morgan fingerprint density at radius 2 is 1.75 bits per heavy atom. The van der Waals surface area contributed by atoms with Gasteiger partial charge in [0, 0.05) is 24.5 Å². The number of methoxy groups -OCH3 is 1. The van der Waals surface area contributed by atoms with Gasteiger partial charge in [-0.25, -0.2) is 9.59 Å². The smallest absolute Gasteiger partial charge is 0.343 e. The van der Waals surface area contributed by atoms with Crippen LogP contribution in [0.25, 0.3) is 0 Å². The third kappa shape index (κ3) is 3.42. The number of carbonyl (C=O) groups excluding carboxylic acids is 3. The molecule has 9 heteroatoms. The summed E-state index contributed by atoms with van der Waals surface area (Å²) in [5.41, 5.74) is 2.77. The zero-order valence-electron chi connectivity index (χ0n) is 16.5. The number of aryl methyl sites for hydroxylation is 1. The van der Waals surface area contributed by atoms with Crippen molar-refractivity contribution in [1.29, 1.82) is 0 Å². The number of ether oxygens (including phenoxy) is 2. The molecule has 0 atom stereocenters. The van der Waals surface area contributed by atoms with Crippen molar-refractivity contribution in [1.82, 2.24) is 8.94 Å². The first-order valence-electron chi connectivity index (χ1n) is 8.95. The first kappa shape index (κ1) is 20.1. The monoisotopic (exact) mass is 405 g/mol. The van der Waals surface area contributed by atoms with Gasteiger partial charge in [0.25, 0.3) is 0 Å². The second-order valence-electron chi connectivity index (χ2n) is 6.73. The zero-order chi connectivity index (χ0) is 20.6. The third-order valence-electron chi connectivity index (χ3n) is 4.90. The number of ketones is 1. The Kier molecular flexibility index (Phi) is 5.55. The number of anilines is 1. The molecule has 2 heterocycles. The summed E-state index contributed by atoms with van der Waals surface area (Å²) in [7, 11) is 2.97. The number of rotatable bonds is 7. The van der Waals surface area contributed by atoms with E-state index in [0.29, 0.717) is 33.7 Å². The van der Waals surface area contributed by atoms with Gasteiger partial charge in [-0.1, -0.05) is 0 Å². The molecule has 0 bridgehead atoms. The quantitative estimate of drug-likeness (QED) is 0.558. The summed E-state index contributed by atoms with van der Waals surface area (Å²) in [4.78, 5) is 37.7. The van der Waals surface area contributed by atoms with Gasteiger partial charge >= 0.3 is 11.9 Å². The van der Waals surface area contributed by atoms with Crippen LogP contribution in [-0.2, 0) is 9.47 Å². The average Bonchev–Trinajstić information content (AvgIpc) is 3.37. The summed E-state index contributed by atoms with van der Waals surface area (Å²) < 4.78 is 16.3. The molecule has 1 saturated carbocycles. The highest BCUT2D eigenvalue weighted by atomic mass is 32.1. The van der Waals surface area contributed by atoms with E-state index in [9.17, 15) is 14.4 Å². The maximum Gasteiger partial charge on any atom is 0.343 e. The van der Waals surface area contributed by atoms with Crippen molar-refractivity contribution < 1.29 is 23.9 Å². The van der Waals surface area contributed by atoms with Crippen molar-refractivity contribution in [2.75, 3.05) is 26.1 Å². The van der Waals surface area contributed by atoms with Crippen molar-refractivity contribution in [3.05, 3.63) is 33.8 Å². The zero-order valence-corrected chi connectivity index (χ0v) is 17.4. The molecule has 8 nitrogen and oxygen atoms in total. The standard InChI is InChI=1S/C19H23N3O5S/c1-9-14(17(20-4)28-21-9)19(25)27-8-13(23)15-10(2)22(12-6-7-12)11(3)16(15)18(24)26-5/h12,20H,6-8H2,1-5H3. The molecule has 1 fully saturated rings. The Morgan fingerprint density at radius 3 is 2.32 bits per heavy atom. The van der Waals surface area contributed by atoms with Gasteiger partial charge in [-0.05, 0) is 45.1 Å². The van der Waals surface area contributed by atoms with Crippen LogP contribution in [0.4, 0.5) is 5.00 Å². The highest BCUT2D eigenvalue weighted by Crippen LogP contribution is 2.40. The minimum Gasteiger partial charge on any atom is -0.465 e. The molecule has 0 saturated heterocycles. The van der Waals surface area contributed by atoms with Gasteiger partial charge in [0.2, 0.25) is 5.78 Å². The fourth-order valence-corrected chi connectivity index (χ4v) is 4.22. The van der Waals surface area contributed by atoms with E-state index in [-0.39, 0.29) is 11.1 Å². The molecule has 3 rings (SSSR count). The normalized spacial score (nSPS) is 13.3. The molecule has 0 aliphatic heterocycles. The summed E-state index contributed by atoms with van der Waals surface area (Å²) in [6.07, 6.45) is 2.02. The molecule has 2 aromatic heterocycles. The van der Waals surface area contributed by atoms with E-state index in [1.165, 1.54) is 7.11 Å². The summed E-state index contributed by atoms with van der Waals surface area (Å²) in [5, 5.41) is 3.47. The molecule has 0 radical (unpaired) electrons. The number of carbonyl (C=O) groups is 3. The van der Waals surface area contributed by atoms with E-state index in [4.69, 9.17) is 9.47 Å². The predicted molar refractivity (Wildman–Crippen MR) is 105 cm³/mol. The maximum atomic E-state index is 12.9. The van der Waals surface area contributed by atoms with Crippen LogP contribution in [0.2, 0.25) is 0 Å². The molecular weight excluding hydrogens is 382 g/mol. The summed E-state index contributed by atoms with van der Waals surface area (Å²) in [5.74, 6) is -1.62. The second-order valence-corrected chi connectivity index (χ2v) is 7.51. The van der Waals surface area contributed by atoms with E-state index in [2.05, 4.69) is 9.69 Å². The van der Waals surface area contributed by atoms with Crippen LogP contribution in [-0.4, -0.2) is 47.4 Å². The molecule has 2 aromatic rings. The van der Waals surface area contributed by atoms with E-state index in [0.717, 1.165) is 24.4 Å². The number of nitrogens with zero attached hydrogens (tertiary/aromatic N) is 2. The summed E-state index contributed by atoms with van der Waals surface area (Å²) in [6.45, 7) is 4.85. The number of hydrogen-bond donors (Lipinski definition) is 1. The number of esters is 2. The van der Waals surface area contributed by atoms with Crippen molar-refractivity contribution in [3.8, 4) is 0 Å². The van der Waals surface area contributed by atoms with Crippen LogP contribution < -0.4 is 5.32 Å². The molecular formula is C19H23N3O5S. The van der Waals surface area contributed by atoms with Crippen LogP contribution >= 0.6 is 11.5 Å². The number of hydrogen-bond acceptors (Lipinski definition) is 8. The van der Waals surface area contributed by atoms with E-state index >= 15 is 0 Å². The second kappa shape index (κ2) is 7.75. The largest absolute Gasteiger partial charge is 0.465 e. The van der Waals surface area contributed by atoms with E-state index < -0.39 is 24.3 Å². The van der Waals surface area contributed by atoms with Crippen LogP contribution in [0.1, 0.15) is 67.0 Å². The molecule has 1 N–H and O–H groups in total. The molecule has 28 heavy (non-hydrogen) atoms. The van der Waals surface area contributed by atoms with Crippen molar-refractivity contribution in [3.63, 3.8) is 0 Å². The van der Waals surface area contributed by atoms with Gasteiger partial charge in [0.15, 0.2) is 6.61 Å². The maximum absolute atomic E-state index is 12.9. The number of Topliss-reactive ketones (excluding diaryl/α,β-unsaturated/α-hetero) is 1. The Balaban J connectivity index is 1.86. The molecule has 0 amide bonds. The van der Waals surface area contributed by atoms with Gasteiger partial charge in [0.1, 0.15) is 10.6 Å². The number of aromatic nitrogens is 2. The lowest BCUT2D eigenvalue weighted by atomic mass is 10.1. The summed E-state index contributed by atoms with van der Waals surface area (Å²) >= 11 is 1.15. The van der Waals surface area contributed by atoms with E-state index in [1.54, 1.807) is 27.8 Å². The van der Waals surface area contributed by atoms with Crippen LogP contribution in [0.3, 0.4) is 0 Å². The van der Waals surface area contributed by atoms with Gasteiger partial charge in [-0.3, -0.25) is 4.79 Å². The molecule has 0 aromatic carbocycles. The number of nitrogens with one attached hydrogen (secondary N) is 1. The molecule has 0 unspecified atom stereocenters. The Hall–Kier alpha value is -2.68. The third-order valence-corrected chi connectivity index (χ3v) is 5.86. The molecule has 1 aliphatic rings. The molecule has 150 valence electrons. The van der Waals surface area contributed by atoms with Gasteiger partial charge in [-0.2, -0.15) is 4.37 Å². The average molecular weight is 405 g/mol. The van der Waals surface area contributed by atoms with Crippen LogP contribution in [0.15, 0.2) is 0 Å². The summed E-state index contributed by atoms with van der Waals surface area (Å²) in [6, 6.07) is 0.297. The van der Waals surface area contributed by atoms with Gasteiger partial charge in [-0.15, -0.1) is 0 Å². The fourth-order valence-electron chi connectivity index (χ4n) is 3.48. The van der Waals surface area contributed by atoms with Crippen molar-refractivity contribution in [2.45, 2.75) is 39.7 Å². The first-order chi connectivity index (χ1) is 13.3. The Morgan fingerprint density at radius 1 is 1.11 bits per heavy atom. The predicted octanol–water partition coefficient (Wildman–Crippen LogP) is 3.07. The highest BCUT2D eigenvalue weighted by molar-refractivity contribution is 7.10. The lowest BCUT2D eigenvalue weighted by molar-refractivity contribution is 0.0474. The van der Waals surface area contributed by atoms with Crippen molar-refractivity contribution >= 4 is 34.3 Å². The SMILES string of the molecule is CNc1snc(C)c1C(=O)OCC(=O)c1c(C(=O)OC)c(C)n(C2CC2)c1C. The topological polar surface area (TPSA) is 99.5 Å². The van der Waals surface area contributed by atoms with Gasteiger partial charge < -0.3 is 19.4 Å². The minimum absolute atomic E-state index is 0.247. The first-order valence-corrected chi connectivity index (χ1v) is 9.73. The Bertz CT molecular complexity index is 955. The lowest BCUT2D eigenvalue weighted by Gasteiger charge is -2.08. The fraction of sp³-hybridized carbons (Fsp3) is 0.474. The van der Waals surface area contributed by atoms with E-state index in [1.807, 2.05) is 4.57 Å². The molecule has 1 aliphatic carbocycles. The Labute approximate surface area is 167 Å². The molecule has 0 spiro atoms. The van der Waals surface area contributed by atoms with Crippen LogP contribution in [0.5, 0.6) is 0 Å². The minimum atomic E-state index is -0.625. The lowest BCUT2D eigenvalue weighted by Crippen LogP contribution is -2.18. The van der Waals surface area contributed by atoms with Crippen LogP contribution in [0, 0.1) is 20.8 Å². The highest BCUT2D eigenvalue weighted by Gasteiger charge is 2.34.